The lowest BCUT2D eigenvalue weighted by atomic mass is 10.1. The van der Waals surface area contributed by atoms with E-state index in [0.717, 1.165) is 22.2 Å². The summed E-state index contributed by atoms with van der Waals surface area (Å²) in [5, 5.41) is 1.12. The van der Waals surface area contributed by atoms with E-state index in [4.69, 9.17) is 5.73 Å². The van der Waals surface area contributed by atoms with Crippen molar-refractivity contribution in [1.29, 1.82) is 0 Å². The Balaban J connectivity index is 2.31. The van der Waals surface area contributed by atoms with E-state index in [-0.39, 0.29) is 5.82 Å². The van der Waals surface area contributed by atoms with Gasteiger partial charge >= 0.3 is 0 Å². The van der Waals surface area contributed by atoms with E-state index >= 15 is 0 Å². The zero-order chi connectivity index (χ0) is 12.7. The van der Waals surface area contributed by atoms with Gasteiger partial charge in [0.2, 0.25) is 0 Å². The SMILES string of the molecule is Cn1c(-c2cc(F)ccc2N)cc2ccccc21. The normalized spacial score (nSPS) is 11.0. The van der Waals surface area contributed by atoms with Crippen molar-refractivity contribution in [2.75, 3.05) is 5.73 Å². The fourth-order valence-electron chi connectivity index (χ4n) is 2.30. The topological polar surface area (TPSA) is 30.9 Å². The van der Waals surface area contributed by atoms with Crippen LogP contribution in [-0.4, -0.2) is 4.57 Å². The Bertz CT molecular complexity index is 728. The van der Waals surface area contributed by atoms with Gasteiger partial charge in [-0.1, -0.05) is 18.2 Å². The minimum Gasteiger partial charge on any atom is -0.398 e. The molecule has 1 heterocycles. The van der Waals surface area contributed by atoms with Gasteiger partial charge in [-0.15, -0.1) is 0 Å². The van der Waals surface area contributed by atoms with E-state index in [2.05, 4.69) is 0 Å². The number of nitrogens with two attached hydrogens (primary N) is 1. The molecule has 0 bridgehead atoms. The first-order valence-corrected chi connectivity index (χ1v) is 5.76. The summed E-state index contributed by atoms with van der Waals surface area (Å²) in [7, 11) is 1.96. The lowest BCUT2D eigenvalue weighted by molar-refractivity contribution is 0.628. The van der Waals surface area contributed by atoms with Crippen LogP contribution in [0, 0.1) is 5.82 Å². The van der Waals surface area contributed by atoms with Gasteiger partial charge in [-0.05, 0) is 30.3 Å². The first kappa shape index (κ1) is 10.8. The highest BCUT2D eigenvalue weighted by molar-refractivity contribution is 5.89. The predicted molar refractivity (Wildman–Crippen MR) is 72.7 cm³/mol. The standard InChI is InChI=1S/C15H13FN2/c1-18-14-5-3-2-4-10(14)8-15(18)12-9-11(16)6-7-13(12)17/h2-9H,17H2,1H3. The van der Waals surface area contributed by atoms with Gasteiger partial charge in [0.15, 0.2) is 0 Å². The summed E-state index contributed by atoms with van der Waals surface area (Å²) >= 11 is 0. The van der Waals surface area contributed by atoms with Crippen LogP contribution in [0.15, 0.2) is 48.5 Å². The molecule has 0 radical (unpaired) electrons. The van der Waals surface area contributed by atoms with Gasteiger partial charge in [0.25, 0.3) is 0 Å². The van der Waals surface area contributed by atoms with E-state index in [0.29, 0.717) is 5.69 Å². The Labute approximate surface area is 104 Å². The highest BCUT2D eigenvalue weighted by atomic mass is 19.1. The molecule has 0 aliphatic rings. The van der Waals surface area contributed by atoms with Crippen LogP contribution in [0.3, 0.4) is 0 Å². The molecule has 3 aromatic rings. The highest BCUT2D eigenvalue weighted by Gasteiger charge is 2.10. The summed E-state index contributed by atoms with van der Waals surface area (Å²) in [4.78, 5) is 0. The van der Waals surface area contributed by atoms with Crippen LogP contribution < -0.4 is 5.73 Å². The Kier molecular flexibility index (Phi) is 2.33. The maximum atomic E-state index is 13.4. The number of halogens is 1. The molecular formula is C15H13FN2. The van der Waals surface area contributed by atoms with Crippen LogP contribution in [0.1, 0.15) is 0 Å². The highest BCUT2D eigenvalue weighted by Crippen LogP contribution is 2.31. The van der Waals surface area contributed by atoms with Gasteiger partial charge in [-0.2, -0.15) is 0 Å². The van der Waals surface area contributed by atoms with Crippen LogP contribution in [0.4, 0.5) is 10.1 Å². The molecule has 0 unspecified atom stereocenters. The van der Waals surface area contributed by atoms with Crippen LogP contribution in [0.5, 0.6) is 0 Å². The van der Waals surface area contributed by atoms with Gasteiger partial charge in [0.1, 0.15) is 5.82 Å². The van der Waals surface area contributed by atoms with Gasteiger partial charge in [-0.25, -0.2) is 4.39 Å². The number of nitrogen functional groups attached to an aromatic ring is 1. The van der Waals surface area contributed by atoms with Crippen LogP contribution in [0.2, 0.25) is 0 Å². The number of rotatable bonds is 1. The minimum atomic E-state index is -0.274. The molecule has 0 spiro atoms. The summed E-state index contributed by atoms with van der Waals surface area (Å²) in [6, 6.07) is 14.5. The molecule has 0 amide bonds. The average molecular weight is 240 g/mol. The quantitative estimate of drug-likeness (QED) is 0.648. The number of hydrogen-bond donors (Lipinski definition) is 1. The fourth-order valence-corrected chi connectivity index (χ4v) is 2.30. The molecule has 2 N–H and O–H groups in total. The monoisotopic (exact) mass is 240 g/mol. The summed E-state index contributed by atoms with van der Waals surface area (Å²) in [5.74, 6) is -0.274. The Morgan fingerprint density at radius 2 is 1.83 bits per heavy atom. The second-order valence-electron chi connectivity index (χ2n) is 4.38. The van der Waals surface area contributed by atoms with E-state index in [1.807, 2.05) is 41.9 Å². The van der Waals surface area contributed by atoms with Gasteiger partial charge in [0, 0.05) is 29.2 Å². The first-order valence-electron chi connectivity index (χ1n) is 5.76. The number of aromatic nitrogens is 1. The molecule has 0 saturated carbocycles. The average Bonchev–Trinajstić information content (AvgIpc) is 2.71. The second kappa shape index (κ2) is 3.88. The van der Waals surface area contributed by atoms with Crippen molar-refractivity contribution >= 4 is 16.6 Å². The van der Waals surface area contributed by atoms with Crippen molar-refractivity contribution in [3.05, 3.63) is 54.3 Å². The molecule has 18 heavy (non-hydrogen) atoms. The number of benzene rings is 2. The van der Waals surface area contributed by atoms with Crippen molar-refractivity contribution in [1.82, 2.24) is 4.57 Å². The van der Waals surface area contributed by atoms with Crippen molar-refractivity contribution in [2.45, 2.75) is 0 Å². The summed E-state index contributed by atoms with van der Waals surface area (Å²) < 4.78 is 15.4. The second-order valence-corrected chi connectivity index (χ2v) is 4.38. The molecule has 3 heteroatoms. The predicted octanol–water partition coefficient (Wildman–Crippen LogP) is 3.57. The lowest BCUT2D eigenvalue weighted by Crippen LogP contribution is -1.96. The Hall–Kier alpha value is -2.29. The molecule has 0 atom stereocenters. The first-order chi connectivity index (χ1) is 8.66. The number of hydrogen-bond acceptors (Lipinski definition) is 1. The molecule has 0 aliphatic carbocycles. The van der Waals surface area contributed by atoms with E-state index in [1.54, 1.807) is 6.07 Å². The van der Waals surface area contributed by atoms with Crippen molar-refractivity contribution in [3.8, 4) is 11.3 Å². The zero-order valence-electron chi connectivity index (χ0n) is 10.0. The summed E-state index contributed by atoms with van der Waals surface area (Å²) in [6.45, 7) is 0. The summed E-state index contributed by atoms with van der Waals surface area (Å²) in [5.41, 5.74) is 9.28. The van der Waals surface area contributed by atoms with Crippen LogP contribution >= 0.6 is 0 Å². The van der Waals surface area contributed by atoms with Crippen molar-refractivity contribution < 1.29 is 4.39 Å². The molecule has 0 saturated heterocycles. The molecule has 2 nitrogen and oxygen atoms in total. The van der Waals surface area contributed by atoms with Crippen molar-refractivity contribution in [2.24, 2.45) is 7.05 Å². The molecule has 0 aliphatic heterocycles. The molecular weight excluding hydrogens is 227 g/mol. The Morgan fingerprint density at radius 1 is 1.06 bits per heavy atom. The number of anilines is 1. The molecule has 2 aromatic carbocycles. The smallest absolute Gasteiger partial charge is 0.124 e. The molecule has 0 fully saturated rings. The summed E-state index contributed by atoms with van der Waals surface area (Å²) in [6.07, 6.45) is 0. The third-order valence-electron chi connectivity index (χ3n) is 3.24. The largest absolute Gasteiger partial charge is 0.398 e. The molecule has 90 valence electrons. The maximum absolute atomic E-state index is 13.4. The third-order valence-corrected chi connectivity index (χ3v) is 3.24. The molecule has 1 aromatic heterocycles. The van der Waals surface area contributed by atoms with Gasteiger partial charge < -0.3 is 10.3 Å². The van der Waals surface area contributed by atoms with E-state index in [1.165, 1.54) is 12.1 Å². The van der Waals surface area contributed by atoms with Crippen molar-refractivity contribution in [3.63, 3.8) is 0 Å². The number of para-hydroxylation sites is 1. The van der Waals surface area contributed by atoms with E-state index in [9.17, 15) is 4.39 Å². The fraction of sp³-hybridized carbons (Fsp3) is 0.0667. The Morgan fingerprint density at radius 3 is 2.61 bits per heavy atom. The number of aryl methyl sites for hydroxylation is 1. The number of nitrogens with zero attached hydrogens (tertiary/aromatic N) is 1. The lowest BCUT2D eigenvalue weighted by Gasteiger charge is -2.07. The zero-order valence-corrected chi connectivity index (χ0v) is 10.0. The third kappa shape index (κ3) is 1.56. The van der Waals surface area contributed by atoms with Crippen LogP contribution in [-0.2, 0) is 7.05 Å². The number of fused-ring (bicyclic) bond motifs is 1. The van der Waals surface area contributed by atoms with Gasteiger partial charge in [0.05, 0.1) is 5.69 Å². The van der Waals surface area contributed by atoms with Crippen LogP contribution in [0.25, 0.3) is 22.2 Å². The van der Waals surface area contributed by atoms with Gasteiger partial charge in [-0.3, -0.25) is 0 Å². The molecule has 3 rings (SSSR count). The maximum Gasteiger partial charge on any atom is 0.124 e. The van der Waals surface area contributed by atoms with E-state index < -0.39 is 0 Å². The minimum absolute atomic E-state index is 0.274.